The number of sulfone groups is 1. The van der Waals surface area contributed by atoms with Crippen molar-refractivity contribution in [3.8, 4) is 0 Å². The van der Waals surface area contributed by atoms with Crippen molar-refractivity contribution in [1.82, 2.24) is 9.97 Å². The average Bonchev–Trinajstić information content (AvgIpc) is 2.74. The number of aliphatic carboxylic acids is 1. The topological polar surface area (TPSA) is 100 Å². The maximum Gasteiger partial charge on any atom is 0.307 e. The number of H-pyrrole nitrogens is 1. The number of aromatic amines is 1. The number of carboxylic acid groups (broad SMARTS) is 1. The van der Waals surface area contributed by atoms with Gasteiger partial charge in [0.05, 0.1) is 16.3 Å². The lowest BCUT2D eigenvalue weighted by molar-refractivity contribution is -0.139. The molecule has 0 bridgehead atoms. The maximum absolute atomic E-state index is 11.8. The molecule has 2 N–H and O–H groups in total. The lowest BCUT2D eigenvalue weighted by atomic mass is 10.1. The minimum Gasteiger partial charge on any atom is -0.481 e. The number of nitrogens with one attached hydrogen (secondary N) is 1. The van der Waals surface area contributed by atoms with Crippen LogP contribution >= 0.6 is 0 Å². The van der Waals surface area contributed by atoms with Crippen LogP contribution in [0.1, 0.15) is 25.6 Å². The molecule has 7 heteroatoms. The van der Waals surface area contributed by atoms with Gasteiger partial charge in [0.15, 0.2) is 9.84 Å². The first kappa shape index (κ1) is 14.1. The Kier molecular flexibility index (Phi) is 2.72. The minimum atomic E-state index is -3.38. The van der Waals surface area contributed by atoms with Crippen molar-refractivity contribution in [3.63, 3.8) is 0 Å². The van der Waals surface area contributed by atoms with E-state index in [1.807, 2.05) is 13.8 Å². The van der Waals surface area contributed by atoms with Gasteiger partial charge in [-0.3, -0.25) is 4.79 Å². The number of nitrogens with zero attached hydrogens (tertiary/aromatic N) is 1. The predicted molar refractivity (Wildman–Crippen MR) is 76.9 cm³/mol. The van der Waals surface area contributed by atoms with E-state index in [4.69, 9.17) is 0 Å². The number of imidazole rings is 1. The smallest absolute Gasteiger partial charge is 0.307 e. The van der Waals surface area contributed by atoms with Crippen molar-refractivity contribution in [3.05, 3.63) is 24.0 Å². The number of carboxylic acids is 1. The maximum atomic E-state index is 11.8. The molecule has 0 radical (unpaired) electrons. The van der Waals surface area contributed by atoms with Crippen LogP contribution in [0.2, 0.25) is 0 Å². The van der Waals surface area contributed by atoms with Gasteiger partial charge in [0.1, 0.15) is 11.3 Å². The molecular weight excluding hydrogens is 292 g/mol. The molecule has 0 saturated heterocycles. The first-order valence-electron chi connectivity index (χ1n) is 6.55. The molecule has 1 aliphatic carbocycles. The van der Waals surface area contributed by atoms with Crippen molar-refractivity contribution in [2.75, 3.05) is 6.26 Å². The number of para-hydroxylation sites is 1. The fourth-order valence-electron chi connectivity index (χ4n) is 3.08. The average molecular weight is 308 g/mol. The summed E-state index contributed by atoms with van der Waals surface area (Å²) < 4.78 is 23.6. The Labute approximate surface area is 122 Å². The second-order valence-corrected chi connectivity index (χ2v) is 8.15. The van der Waals surface area contributed by atoms with Gasteiger partial charge in [0.25, 0.3) is 0 Å². The minimum absolute atomic E-state index is 0.160. The third-order valence-corrected chi connectivity index (χ3v) is 5.41. The number of rotatable bonds is 3. The van der Waals surface area contributed by atoms with E-state index in [0.29, 0.717) is 16.9 Å². The van der Waals surface area contributed by atoms with E-state index in [1.165, 1.54) is 6.07 Å². The second kappa shape index (κ2) is 4.07. The lowest BCUT2D eigenvalue weighted by Crippen LogP contribution is -2.03. The lowest BCUT2D eigenvalue weighted by Gasteiger charge is -1.98. The highest BCUT2D eigenvalue weighted by molar-refractivity contribution is 7.91. The number of carbonyl (C=O) groups is 1. The van der Waals surface area contributed by atoms with Crippen LogP contribution < -0.4 is 0 Å². The zero-order chi connectivity index (χ0) is 15.6. The van der Waals surface area contributed by atoms with Gasteiger partial charge in [-0.05, 0) is 17.5 Å². The molecule has 1 saturated carbocycles. The van der Waals surface area contributed by atoms with E-state index >= 15 is 0 Å². The van der Waals surface area contributed by atoms with Crippen molar-refractivity contribution in [1.29, 1.82) is 0 Å². The summed E-state index contributed by atoms with van der Waals surface area (Å²) in [5.74, 6) is -1.04. The van der Waals surface area contributed by atoms with Crippen LogP contribution in [0.5, 0.6) is 0 Å². The van der Waals surface area contributed by atoms with Crippen molar-refractivity contribution < 1.29 is 18.3 Å². The van der Waals surface area contributed by atoms with E-state index in [2.05, 4.69) is 9.97 Å². The number of benzene rings is 1. The van der Waals surface area contributed by atoms with Crippen LogP contribution in [0.15, 0.2) is 23.1 Å². The van der Waals surface area contributed by atoms with E-state index in [9.17, 15) is 18.3 Å². The second-order valence-electron chi connectivity index (χ2n) is 6.16. The van der Waals surface area contributed by atoms with Crippen molar-refractivity contribution >= 4 is 26.8 Å². The number of hydrogen-bond acceptors (Lipinski definition) is 4. The van der Waals surface area contributed by atoms with E-state index in [0.717, 1.165) is 6.26 Å². The van der Waals surface area contributed by atoms with Crippen molar-refractivity contribution in [2.24, 2.45) is 11.3 Å². The molecule has 1 aromatic carbocycles. The third kappa shape index (κ3) is 2.03. The fourth-order valence-corrected chi connectivity index (χ4v) is 3.91. The molecule has 0 spiro atoms. The molecule has 2 atom stereocenters. The zero-order valence-corrected chi connectivity index (χ0v) is 12.7. The molecule has 6 nitrogen and oxygen atoms in total. The molecule has 1 fully saturated rings. The summed E-state index contributed by atoms with van der Waals surface area (Å²) in [6, 6.07) is 4.90. The molecule has 0 aliphatic heterocycles. The van der Waals surface area contributed by atoms with Crippen LogP contribution in [0.4, 0.5) is 0 Å². The summed E-state index contributed by atoms with van der Waals surface area (Å²) >= 11 is 0. The molecule has 2 unspecified atom stereocenters. The van der Waals surface area contributed by atoms with Gasteiger partial charge in [0.2, 0.25) is 0 Å². The molecule has 21 heavy (non-hydrogen) atoms. The van der Waals surface area contributed by atoms with Crippen LogP contribution in [-0.2, 0) is 14.6 Å². The Balaban J connectivity index is 2.14. The summed E-state index contributed by atoms with van der Waals surface area (Å²) in [6.07, 6.45) is 1.14. The van der Waals surface area contributed by atoms with Crippen LogP contribution in [0, 0.1) is 11.3 Å². The SMILES string of the molecule is CC1(C)C(C(=O)O)C1c1nc2c(S(C)(=O)=O)cccc2[nH]1. The highest BCUT2D eigenvalue weighted by atomic mass is 32.2. The van der Waals surface area contributed by atoms with Crippen LogP contribution in [0.3, 0.4) is 0 Å². The molecule has 3 rings (SSSR count). The normalized spacial score (nSPS) is 24.1. The summed E-state index contributed by atoms with van der Waals surface area (Å²) in [5.41, 5.74) is 0.604. The Bertz CT molecular complexity index is 851. The summed E-state index contributed by atoms with van der Waals surface area (Å²) in [6.45, 7) is 3.75. The van der Waals surface area contributed by atoms with Gasteiger partial charge in [-0.1, -0.05) is 19.9 Å². The van der Waals surface area contributed by atoms with Crippen molar-refractivity contribution in [2.45, 2.75) is 24.7 Å². The number of fused-ring (bicyclic) bond motifs is 1. The predicted octanol–water partition coefficient (Wildman–Crippen LogP) is 1.79. The van der Waals surface area contributed by atoms with Gasteiger partial charge in [-0.2, -0.15) is 0 Å². The summed E-state index contributed by atoms with van der Waals surface area (Å²) in [7, 11) is -3.38. The highest BCUT2D eigenvalue weighted by Crippen LogP contribution is 2.63. The van der Waals surface area contributed by atoms with Crippen LogP contribution in [0.25, 0.3) is 11.0 Å². The molecule has 1 aromatic heterocycles. The highest BCUT2D eigenvalue weighted by Gasteiger charge is 2.64. The fraction of sp³-hybridized carbons (Fsp3) is 0.429. The first-order chi connectivity index (χ1) is 9.64. The first-order valence-corrected chi connectivity index (χ1v) is 8.44. The van der Waals surface area contributed by atoms with Gasteiger partial charge < -0.3 is 10.1 Å². The van der Waals surface area contributed by atoms with Crippen LogP contribution in [-0.4, -0.2) is 35.7 Å². The quantitative estimate of drug-likeness (QED) is 0.900. The standard InChI is InChI=1S/C14H16N2O4S/c1-14(2)9(10(14)13(17)18)12-15-7-5-4-6-8(11(7)16-12)21(3,19)20/h4-6,9-10H,1-3H3,(H,15,16)(H,17,18). The monoisotopic (exact) mass is 308 g/mol. The largest absolute Gasteiger partial charge is 0.481 e. The number of hydrogen-bond donors (Lipinski definition) is 2. The Hall–Kier alpha value is -1.89. The molecule has 1 heterocycles. The molecule has 1 aliphatic rings. The molecular formula is C14H16N2O4S. The molecule has 2 aromatic rings. The summed E-state index contributed by atoms with van der Waals surface area (Å²) in [4.78, 5) is 18.9. The van der Waals surface area contributed by atoms with Gasteiger partial charge in [0, 0.05) is 12.2 Å². The van der Waals surface area contributed by atoms with Gasteiger partial charge >= 0.3 is 5.97 Å². The number of aromatic nitrogens is 2. The van der Waals surface area contributed by atoms with E-state index in [-0.39, 0.29) is 16.2 Å². The Morgan fingerprint density at radius 2 is 2.05 bits per heavy atom. The summed E-state index contributed by atoms with van der Waals surface area (Å²) in [5, 5.41) is 9.24. The van der Waals surface area contributed by atoms with E-state index < -0.39 is 21.7 Å². The molecule has 112 valence electrons. The van der Waals surface area contributed by atoms with Gasteiger partial charge in [-0.25, -0.2) is 13.4 Å². The Morgan fingerprint density at radius 1 is 1.38 bits per heavy atom. The Morgan fingerprint density at radius 3 is 2.57 bits per heavy atom. The van der Waals surface area contributed by atoms with E-state index in [1.54, 1.807) is 12.1 Å². The van der Waals surface area contributed by atoms with Gasteiger partial charge in [-0.15, -0.1) is 0 Å². The zero-order valence-electron chi connectivity index (χ0n) is 11.9. The third-order valence-electron chi connectivity index (χ3n) is 4.28. The molecule has 0 amide bonds.